The van der Waals surface area contributed by atoms with E-state index in [1.54, 1.807) is 36.4 Å². The number of rotatable bonds is 4. The lowest BCUT2D eigenvalue weighted by atomic mass is 10.2. The SMILES string of the molecule is Cc1ccc(NC(=O)CNC(=O)c2ccc3c(c2)OCO3)c(O)c1. The molecule has 1 heterocycles. The fourth-order valence-corrected chi connectivity index (χ4v) is 2.24. The van der Waals surface area contributed by atoms with Crippen LogP contribution in [0.5, 0.6) is 17.2 Å². The average Bonchev–Trinajstić information content (AvgIpc) is 3.03. The van der Waals surface area contributed by atoms with Crippen LogP contribution in [0.3, 0.4) is 0 Å². The number of hydrogen-bond acceptors (Lipinski definition) is 5. The Morgan fingerprint density at radius 1 is 1.12 bits per heavy atom. The summed E-state index contributed by atoms with van der Waals surface area (Å²) in [6, 6.07) is 9.69. The number of nitrogens with one attached hydrogen (secondary N) is 2. The third kappa shape index (κ3) is 3.40. The molecule has 3 rings (SSSR count). The number of phenols is 1. The zero-order valence-electron chi connectivity index (χ0n) is 13.0. The van der Waals surface area contributed by atoms with Gasteiger partial charge in [-0.1, -0.05) is 6.07 Å². The van der Waals surface area contributed by atoms with Crippen LogP contribution in [0.2, 0.25) is 0 Å². The third-order valence-corrected chi connectivity index (χ3v) is 3.47. The van der Waals surface area contributed by atoms with Crippen LogP contribution >= 0.6 is 0 Å². The largest absolute Gasteiger partial charge is 0.506 e. The first-order chi connectivity index (χ1) is 11.5. The van der Waals surface area contributed by atoms with E-state index in [1.165, 1.54) is 0 Å². The maximum absolute atomic E-state index is 12.1. The maximum atomic E-state index is 12.1. The molecule has 7 nitrogen and oxygen atoms in total. The minimum Gasteiger partial charge on any atom is -0.506 e. The van der Waals surface area contributed by atoms with E-state index in [0.29, 0.717) is 22.7 Å². The Labute approximate surface area is 138 Å². The Bertz CT molecular complexity index is 804. The van der Waals surface area contributed by atoms with Gasteiger partial charge in [-0.05, 0) is 42.8 Å². The average molecular weight is 328 g/mol. The summed E-state index contributed by atoms with van der Waals surface area (Å²) in [7, 11) is 0. The summed E-state index contributed by atoms with van der Waals surface area (Å²) in [6.45, 7) is 1.74. The van der Waals surface area contributed by atoms with Gasteiger partial charge in [0, 0.05) is 5.56 Å². The molecule has 0 saturated heterocycles. The minimum atomic E-state index is -0.441. The molecular weight excluding hydrogens is 312 g/mol. The monoisotopic (exact) mass is 328 g/mol. The van der Waals surface area contributed by atoms with Crippen molar-refractivity contribution in [3.63, 3.8) is 0 Å². The molecule has 3 N–H and O–H groups in total. The molecule has 2 amide bonds. The summed E-state index contributed by atoms with van der Waals surface area (Å²) in [4.78, 5) is 24.0. The van der Waals surface area contributed by atoms with Crippen molar-refractivity contribution in [1.82, 2.24) is 5.32 Å². The van der Waals surface area contributed by atoms with E-state index in [1.807, 2.05) is 6.92 Å². The smallest absolute Gasteiger partial charge is 0.251 e. The van der Waals surface area contributed by atoms with Crippen LogP contribution in [0, 0.1) is 6.92 Å². The minimum absolute atomic E-state index is 0.0227. The fourth-order valence-electron chi connectivity index (χ4n) is 2.24. The van der Waals surface area contributed by atoms with Crippen molar-refractivity contribution in [3.05, 3.63) is 47.5 Å². The number of phenolic OH excluding ortho intramolecular Hbond substituents is 1. The number of hydrogen-bond donors (Lipinski definition) is 3. The first-order valence-electron chi connectivity index (χ1n) is 7.30. The van der Waals surface area contributed by atoms with E-state index in [9.17, 15) is 14.7 Å². The molecule has 0 aromatic heterocycles. The Hall–Kier alpha value is -3.22. The topological polar surface area (TPSA) is 96.9 Å². The number of ether oxygens (including phenoxy) is 2. The quantitative estimate of drug-likeness (QED) is 0.744. The van der Waals surface area contributed by atoms with Gasteiger partial charge in [0.2, 0.25) is 12.7 Å². The predicted molar refractivity (Wildman–Crippen MR) is 86.4 cm³/mol. The van der Waals surface area contributed by atoms with Crippen molar-refractivity contribution in [2.45, 2.75) is 6.92 Å². The summed E-state index contributed by atoms with van der Waals surface area (Å²) in [6.07, 6.45) is 0. The highest BCUT2D eigenvalue weighted by molar-refractivity contribution is 6.00. The number of carbonyl (C=O) groups is 2. The molecule has 24 heavy (non-hydrogen) atoms. The molecule has 1 aliphatic heterocycles. The maximum Gasteiger partial charge on any atom is 0.251 e. The lowest BCUT2D eigenvalue weighted by molar-refractivity contribution is -0.115. The highest BCUT2D eigenvalue weighted by atomic mass is 16.7. The molecule has 2 aromatic rings. The summed E-state index contributed by atoms with van der Waals surface area (Å²) < 4.78 is 10.4. The van der Waals surface area contributed by atoms with Crippen LogP contribution in [-0.4, -0.2) is 30.3 Å². The molecule has 2 aromatic carbocycles. The van der Waals surface area contributed by atoms with Gasteiger partial charge in [0.05, 0.1) is 12.2 Å². The molecule has 7 heteroatoms. The van der Waals surface area contributed by atoms with Crippen molar-refractivity contribution < 1.29 is 24.2 Å². The molecule has 0 fully saturated rings. The summed E-state index contributed by atoms with van der Waals surface area (Å²) in [5.74, 6) is 0.209. The van der Waals surface area contributed by atoms with Gasteiger partial charge >= 0.3 is 0 Å². The molecule has 0 unspecified atom stereocenters. The predicted octanol–water partition coefficient (Wildman–Crippen LogP) is 1.80. The van der Waals surface area contributed by atoms with E-state index in [0.717, 1.165) is 5.56 Å². The second-order valence-electron chi connectivity index (χ2n) is 5.32. The lowest BCUT2D eigenvalue weighted by Crippen LogP contribution is -2.32. The number of carbonyl (C=O) groups excluding carboxylic acids is 2. The fraction of sp³-hybridized carbons (Fsp3) is 0.176. The van der Waals surface area contributed by atoms with Crippen LogP contribution in [-0.2, 0) is 4.79 Å². The van der Waals surface area contributed by atoms with Crippen LogP contribution in [0.1, 0.15) is 15.9 Å². The highest BCUT2D eigenvalue weighted by Crippen LogP contribution is 2.32. The van der Waals surface area contributed by atoms with E-state index in [4.69, 9.17) is 9.47 Å². The first-order valence-corrected chi connectivity index (χ1v) is 7.30. The summed E-state index contributed by atoms with van der Waals surface area (Å²) >= 11 is 0. The zero-order valence-corrected chi connectivity index (χ0v) is 13.0. The number of anilines is 1. The normalized spacial score (nSPS) is 11.9. The standard InChI is InChI=1S/C17H16N2O5/c1-10-2-4-12(13(20)6-10)19-16(21)8-18-17(22)11-3-5-14-15(7-11)24-9-23-14/h2-7,20H,8-9H2,1H3,(H,18,22)(H,19,21). The molecule has 0 radical (unpaired) electrons. The molecule has 0 saturated carbocycles. The lowest BCUT2D eigenvalue weighted by Gasteiger charge is -2.09. The number of aryl methyl sites for hydroxylation is 1. The Kier molecular flexibility index (Phi) is 4.24. The second kappa shape index (κ2) is 6.49. The Morgan fingerprint density at radius 3 is 2.71 bits per heavy atom. The second-order valence-corrected chi connectivity index (χ2v) is 5.32. The van der Waals surface area contributed by atoms with E-state index in [-0.39, 0.29) is 19.1 Å². The molecule has 0 aliphatic carbocycles. The van der Waals surface area contributed by atoms with E-state index in [2.05, 4.69) is 10.6 Å². The highest BCUT2D eigenvalue weighted by Gasteiger charge is 2.16. The number of benzene rings is 2. The van der Waals surface area contributed by atoms with Gasteiger partial charge in [0.25, 0.3) is 5.91 Å². The Balaban J connectivity index is 1.57. The van der Waals surface area contributed by atoms with Crippen LogP contribution in [0.25, 0.3) is 0 Å². The van der Waals surface area contributed by atoms with Crippen molar-refractivity contribution in [2.24, 2.45) is 0 Å². The number of fused-ring (bicyclic) bond motifs is 1. The van der Waals surface area contributed by atoms with Crippen molar-refractivity contribution in [3.8, 4) is 17.2 Å². The number of aromatic hydroxyl groups is 1. The molecular formula is C17H16N2O5. The van der Waals surface area contributed by atoms with Crippen molar-refractivity contribution >= 4 is 17.5 Å². The van der Waals surface area contributed by atoms with Crippen LogP contribution in [0.15, 0.2) is 36.4 Å². The molecule has 1 aliphatic rings. The van der Waals surface area contributed by atoms with Crippen molar-refractivity contribution in [2.75, 3.05) is 18.7 Å². The van der Waals surface area contributed by atoms with E-state index < -0.39 is 11.8 Å². The molecule has 0 bridgehead atoms. The van der Waals surface area contributed by atoms with Gasteiger partial charge in [-0.2, -0.15) is 0 Å². The molecule has 0 atom stereocenters. The van der Waals surface area contributed by atoms with Gasteiger partial charge in [-0.15, -0.1) is 0 Å². The van der Waals surface area contributed by atoms with Gasteiger partial charge in [-0.3, -0.25) is 9.59 Å². The van der Waals surface area contributed by atoms with Gasteiger partial charge in [0.1, 0.15) is 5.75 Å². The van der Waals surface area contributed by atoms with Crippen LogP contribution in [0.4, 0.5) is 5.69 Å². The first kappa shape index (κ1) is 15.7. The van der Waals surface area contributed by atoms with E-state index >= 15 is 0 Å². The van der Waals surface area contributed by atoms with Gasteiger partial charge in [-0.25, -0.2) is 0 Å². The number of amides is 2. The summed E-state index contributed by atoms with van der Waals surface area (Å²) in [5.41, 5.74) is 1.54. The van der Waals surface area contributed by atoms with Crippen LogP contribution < -0.4 is 20.1 Å². The van der Waals surface area contributed by atoms with Gasteiger partial charge in [0.15, 0.2) is 11.5 Å². The zero-order chi connectivity index (χ0) is 17.1. The summed E-state index contributed by atoms with van der Waals surface area (Å²) in [5, 5.41) is 14.8. The molecule has 0 spiro atoms. The third-order valence-electron chi connectivity index (χ3n) is 3.47. The van der Waals surface area contributed by atoms with Gasteiger partial charge < -0.3 is 25.2 Å². The Morgan fingerprint density at radius 2 is 1.92 bits per heavy atom. The van der Waals surface area contributed by atoms with Crippen molar-refractivity contribution in [1.29, 1.82) is 0 Å². The molecule has 124 valence electrons.